The van der Waals surface area contributed by atoms with E-state index in [0.717, 1.165) is 43.3 Å². The number of phosphoric ester groups is 1. The average molecular weight is 535 g/mol. The van der Waals surface area contributed by atoms with E-state index in [-0.39, 0.29) is 12.7 Å². The largest absolute Gasteiger partial charge is 0.472 e. The standard InChI is InChI=1S/C30H64NO4P/c1-6-9-12-15-18-21-24-27-31(4,5)28-29-34-36(32,33)35-30(25-22-19-16-13-10-7-2)26-23-20-17-14-11-8-3/h30H,6-29H2,1-5H3/p+1. The second-order valence-corrected chi connectivity index (χ2v) is 13.1. The zero-order chi connectivity index (χ0) is 27.0. The van der Waals surface area contributed by atoms with E-state index < -0.39 is 7.82 Å². The fourth-order valence-electron chi connectivity index (χ4n) is 4.79. The molecule has 1 N–H and O–H groups in total. The molecular weight excluding hydrogens is 469 g/mol. The van der Waals surface area contributed by atoms with Crippen LogP contribution in [0.5, 0.6) is 0 Å². The number of hydrogen-bond acceptors (Lipinski definition) is 3. The third kappa shape index (κ3) is 24.4. The van der Waals surface area contributed by atoms with E-state index in [1.54, 1.807) is 0 Å². The van der Waals surface area contributed by atoms with Crippen LogP contribution in [0, 0.1) is 0 Å². The van der Waals surface area contributed by atoms with Gasteiger partial charge in [-0.15, -0.1) is 0 Å². The first-order valence-electron chi connectivity index (χ1n) is 15.7. The van der Waals surface area contributed by atoms with Gasteiger partial charge in [-0.25, -0.2) is 4.57 Å². The summed E-state index contributed by atoms with van der Waals surface area (Å²) in [5.41, 5.74) is 0. The molecule has 218 valence electrons. The second-order valence-electron chi connectivity index (χ2n) is 11.6. The predicted molar refractivity (Wildman–Crippen MR) is 156 cm³/mol. The van der Waals surface area contributed by atoms with Crippen molar-refractivity contribution in [2.24, 2.45) is 0 Å². The summed E-state index contributed by atoms with van der Waals surface area (Å²) in [6, 6.07) is 0. The van der Waals surface area contributed by atoms with Gasteiger partial charge < -0.3 is 9.38 Å². The van der Waals surface area contributed by atoms with Gasteiger partial charge in [0.25, 0.3) is 0 Å². The molecule has 0 rings (SSSR count). The van der Waals surface area contributed by atoms with Crippen molar-refractivity contribution in [3.63, 3.8) is 0 Å². The highest BCUT2D eigenvalue weighted by Crippen LogP contribution is 2.46. The summed E-state index contributed by atoms with van der Waals surface area (Å²) >= 11 is 0. The molecule has 0 aliphatic rings. The van der Waals surface area contributed by atoms with Gasteiger partial charge in [-0.3, -0.25) is 9.05 Å². The molecule has 0 aliphatic heterocycles. The van der Waals surface area contributed by atoms with Crippen LogP contribution < -0.4 is 0 Å². The van der Waals surface area contributed by atoms with Crippen molar-refractivity contribution in [3.05, 3.63) is 0 Å². The Morgan fingerprint density at radius 3 is 1.44 bits per heavy atom. The molecule has 0 saturated carbocycles. The quantitative estimate of drug-likeness (QED) is 0.0616. The molecule has 1 atom stereocenters. The third-order valence-corrected chi connectivity index (χ3v) is 8.43. The molecule has 6 heteroatoms. The van der Waals surface area contributed by atoms with E-state index in [9.17, 15) is 9.46 Å². The lowest BCUT2D eigenvalue weighted by Gasteiger charge is -2.30. The molecule has 0 aromatic rings. The Hall–Kier alpha value is 0.0700. The van der Waals surface area contributed by atoms with E-state index >= 15 is 0 Å². The third-order valence-electron chi connectivity index (χ3n) is 7.36. The number of likely N-dealkylation sites (N-methyl/N-ethyl adjacent to an activating group) is 1. The number of quaternary nitrogens is 1. The first kappa shape index (κ1) is 36.1. The molecule has 0 radical (unpaired) electrons. The molecule has 0 heterocycles. The van der Waals surface area contributed by atoms with Gasteiger partial charge in [0.15, 0.2) is 0 Å². The minimum absolute atomic E-state index is 0.173. The lowest BCUT2D eigenvalue weighted by molar-refractivity contribution is -0.890. The Morgan fingerprint density at radius 1 is 0.611 bits per heavy atom. The number of rotatable bonds is 28. The maximum Gasteiger partial charge on any atom is 0.472 e. The molecule has 0 saturated heterocycles. The van der Waals surface area contributed by atoms with Gasteiger partial charge in [0.05, 0.1) is 26.7 Å². The van der Waals surface area contributed by atoms with Crippen molar-refractivity contribution in [1.82, 2.24) is 0 Å². The summed E-state index contributed by atoms with van der Waals surface area (Å²) in [5.74, 6) is 0. The fraction of sp³-hybridized carbons (Fsp3) is 1.00. The van der Waals surface area contributed by atoms with Crippen LogP contribution in [0.15, 0.2) is 0 Å². The van der Waals surface area contributed by atoms with Crippen LogP contribution in [-0.2, 0) is 13.6 Å². The molecular formula is C30H65NO4P+. The van der Waals surface area contributed by atoms with E-state index in [1.165, 1.54) is 109 Å². The monoisotopic (exact) mass is 534 g/mol. The molecule has 0 spiro atoms. The van der Waals surface area contributed by atoms with Crippen LogP contribution in [0.4, 0.5) is 0 Å². The summed E-state index contributed by atoms with van der Waals surface area (Å²) in [6.45, 7) is 8.79. The van der Waals surface area contributed by atoms with E-state index in [4.69, 9.17) is 9.05 Å². The molecule has 0 aliphatic carbocycles. The predicted octanol–water partition coefficient (Wildman–Crippen LogP) is 9.82. The molecule has 5 nitrogen and oxygen atoms in total. The van der Waals surface area contributed by atoms with Crippen LogP contribution in [-0.4, -0.2) is 49.3 Å². The normalized spacial score (nSPS) is 14.0. The van der Waals surface area contributed by atoms with Crippen molar-refractivity contribution in [2.75, 3.05) is 33.8 Å². The first-order chi connectivity index (χ1) is 17.3. The van der Waals surface area contributed by atoms with Gasteiger partial charge in [0.2, 0.25) is 0 Å². The highest BCUT2D eigenvalue weighted by atomic mass is 31.2. The average Bonchev–Trinajstić information content (AvgIpc) is 2.82. The smallest absolute Gasteiger partial charge is 0.327 e. The molecule has 0 aromatic heterocycles. The molecule has 0 fully saturated rings. The highest BCUT2D eigenvalue weighted by molar-refractivity contribution is 7.47. The summed E-state index contributed by atoms with van der Waals surface area (Å²) in [7, 11) is 0.343. The van der Waals surface area contributed by atoms with Gasteiger partial charge in [0, 0.05) is 0 Å². The van der Waals surface area contributed by atoms with Crippen molar-refractivity contribution < 1.29 is 23.0 Å². The van der Waals surface area contributed by atoms with Gasteiger partial charge in [0.1, 0.15) is 13.2 Å². The molecule has 0 aromatic carbocycles. The van der Waals surface area contributed by atoms with Crippen LogP contribution in [0.1, 0.15) is 156 Å². The van der Waals surface area contributed by atoms with Crippen LogP contribution in [0.2, 0.25) is 0 Å². The summed E-state index contributed by atoms with van der Waals surface area (Å²) in [5, 5.41) is 0. The zero-order valence-electron chi connectivity index (χ0n) is 25.1. The summed E-state index contributed by atoms with van der Waals surface area (Å²) < 4.78 is 24.8. The number of nitrogens with zero attached hydrogens (tertiary/aromatic N) is 1. The van der Waals surface area contributed by atoms with Gasteiger partial charge in [-0.05, 0) is 25.7 Å². The Balaban J connectivity index is 4.37. The number of unbranched alkanes of at least 4 members (excludes halogenated alkanes) is 16. The van der Waals surface area contributed by atoms with E-state index in [1.807, 2.05) is 0 Å². The summed E-state index contributed by atoms with van der Waals surface area (Å²) in [6.07, 6.45) is 25.3. The number of phosphoric acid groups is 1. The van der Waals surface area contributed by atoms with Crippen molar-refractivity contribution in [3.8, 4) is 0 Å². The van der Waals surface area contributed by atoms with Gasteiger partial charge >= 0.3 is 7.82 Å². The summed E-state index contributed by atoms with van der Waals surface area (Å²) in [4.78, 5) is 10.4. The minimum atomic E-state index is -4.02. The lowest BCUT2D eigenvalue weighted by atomic mass is 10.0. The topological polar surface area (TPSA) is 55.8 Å². The maximum atomic E-state index is 12.7. The highest BCUT2D eigenvalue weighted by Gasteiger charge is 2.27. The van der Waals surface area contributed by atoms with Gasteiger partial charge in [-0.2, -0.15) is 0 Å². The van der Waals surface area contributed by atoms with Crippen molar-refractivity contribution in [2.45, 2.75) is 162 Å². The Labute approximate surface area is 226 Å². The Morgan fingerprint density at radius 2 is 1.00 bits per heavy atom. The molecule has 36 heavy (non-hydrogen) atoms. The van der Waals surface area contributed by atoms with Crippen LogP contribution in [0.25, 0.3) is 0 Å². The Bertz CT molecular complexity index is 499. The maximum absolute atomic E-state index is 12.7. The molecule has 1 unspecified atom stereocenters. The Kier molecular flexibility index (Phi) is 24.2. The lowest BCUT2D eigenvalue weighted by Crippen LogP contribution is -2.43. The van der Waals surface area contributed by atoms with E-state index in [2.05, 4.69) is 34.9 Å². The number of hydrogen-bond donors (Lipinski definition) is 1. The van der Waals surface area contributed by atoms with Crippen LogP contribution in [0.3, 0.4) is 0 Å². The minimum Gasteiger partial charge on any atom is -0.327 e. The van der Waals surface area contributed by atoms with Crippen molar-refractivity contribution >= 4 is 7.82 Å². The molecule has 0 bridgehead atoms. The second kappa shape index (κ2) is 24.1. The van der Waals surface area contributed by atoms with Crippen molar-refractivity contribution in [1.29, 1.82) is 0 Å². The zero-order valence-corrected chi connectivity index (χ0v) is 26.0. The SMILES string of the molecule is CCCCCCCCC[N+](C)(C)CCOP(=O)(O)OC(CCCCCCCC)CCCCCCCC. The first-order valence-corrected chi connectivity index (χ1v) is 17.2. The van der Waals surface area contributed by atoms with Gasteiger partial charge in [-0.1, -0.05) is 130 Å². The van der Waals surface area contributed by atoms with E-state index in [0.29, 0.717) is 0 Å². The fourth-order valence-corrected chi connectivity index (χ4v) is 5.75. The molecule has 0 amide bonds. The van der Waals surface area contributed by atoms with Crippen LogP contribution >= 0.6 is 7.82 Å².